The molecule has 0 bridgehead atoms. The average Bonchev–Trinajstić information content (AvgIpc) is 2.93. The molecule has 1 N–H and O–H groups in total. The van der Waals surface area contributed by atoms with E-state index >= 15 is 0 Å². The molecule has 22 heavy (non-hydrogen) atoms. The van der Waals surface area contributed by atoms with Crippen molar-refractivity contribution >= 4 is 21.7 Å². The normalized spacial score (nSPS) is 14.7. The Morgan fingerprint density at radius 3 is 2.77 bits per heavy atom. The molecule has 0 saturated carbocycles. The lowest BCUT2D eigenvalue weighted by molar-refractivity contribution is 0.0696. The van der Waals surface area contributed by atoms with Crippen LogP contribution in [0.2, 0.25) is 0 Å². The lowest BCUT2D eigenvalue weighted by atomic mass is 10.0. The van der Waals surface area contributed by atoms with Gasteiger partial charge in [0, 0.05) is 19.8 Å². The minimum Gasteiger partial charge on any atom is -0.478 e. The molecular formula is C14H15N3O4S. The number of rotatable bonds is 3. The number of nitrogens with zero attached hydrogens (tertiary/aromatic N) is 3. The van der Waals surface area contributed by atoms with Gasteiger partial charge in [0.25, 0.3) is 10.0 Å². The van der Waals surface area contributed by atoms with Crippen LogP contribution in [0.3, 0.4) is 0 Å². The maximum atomic E-state index is 12.7. The second-order valence-corrected chi connectivity index (χ2v) is 7.04. The van der Waals surface area contributed by atoms with Crippen molar-refractivity contribution in [3.63, 3.8) is 0 Å². The highest BCUT2D eigenvalue weighted by atomic mass is 32.2. The number of aryl methyl sites for hydroxylation is 2. The molecule has 0 saturated heterocycles. The molecule has 1 aromatic carbocycles. The molecular weight excluding hydrogens is 306 g/mol. The van der Waals surface area contributed by atoms with Gasteiger partial charge in [-0.2, -0.15) is 5.10 Å². The van der Waals surface area contributed by atoms with Gasteiger partial charge >= 0.3 is 5.97 Å². The summed E-state index contributed by atoms with van der Waals surface area (Å²) < 4.78 is 28.2. The SMILES string of the molecule is Cn1cc(S(=O)(=O)N2CCCc3cc(C(=O)O)ccc32)cn1. The van der Waals surface area contributed by atoms with Crippen LogP contribution in [-0.4, -0.2) is 35.8 Å². The molecule has 1 aliphatic heterocycles. The Kier molecular flexibility index (Phi) is 3.40. The lowest BCUT2D eigenvalue weighted by Gasteiger charge is -2.30. The predicted molar refractivity (Wildman–Crippen MR) is 79.5 cm³/mol. The summed E-state index contributed by atoms with van der Waals surface area (Å²) in [6.07, 6.45) is 4.08. The molecule has 0 amide bonds. The molecule has 0 aliphatic carbocycles. The smallest absolute Gasteiger partial charge is 0.335 e. The molecule has 116 valence electrons. The fraction of sp³-hybridized carbons (Fsp3) is 0.286. The van der Waals surface area contributed by atoms with Crippen LogP contribution in [0.1, 0.15) is 22.3 Å². The quantitative estimate of drug-likeness (QED) is 0.918. The summed E-state index contributed by atoms with van der Waals surface area (Å²) in [7, 11) is -2.03. The van der Waals surface area contributed by atoms with Gasteiger partial charge in [0.1, 0.15) is 4.90 Å². The van der Waals surface area contributed by atoms with Crippen LogP contribution >= 0.6 is 0 Å². The summed E-state index contributed by atoms with van der Waals surface area (Å²) >= 11 is 0. The van der Waals surface area contributed by atoms with Crippen LogP contribution in [0.5, 0.6) is 0 Å². The largest absolute Gasteiger partial charge is 0.478 e. The molecule has 0 spiro atoms. The van der Waals surface area contributed by atoms with Crippen molar-refractivity contribution in [1.29, 1.82) is 0 Å². The van der Waals surface area contributed by atoms with E-state index in [4.69, 9.17) is 5.11 Å². The summed E-state index contributed by atoms with van der Waals surface area (Å²) in [6, 6.07) is 4.53. The number of benzene rings is 1. The highest BCUT2D eigenvalue weighted by Crippen LogP contribution is 2.32. The Labute approximate surface area is 127 Å². The van der Waals surface area contributed by atoms with Gasteiger partial charge in [0.15, 0.2) is 0 Å². The number of anilines is 1. The third-order valence-corrected chi connectivity index (χ3v) is 5.44. The van der Waals surface area contributed by atoms with Crippen LogP contribution in [0.4, 0.5) is 5.69 Å². The minimum absolute atomic E-state index is 0.130. The molecule has 0 fully saturated rings. The van der Waals surface area contributed by atoms with Crippen LogP contribution in [0.15, 0.2) is 35.5 Å². The number of sulfonamides is 1. The van der Waals surface area contributed by atoms with Gasteiger partial charge in [-0.1, -0.05) is 0 Å². The maximum absolute atomic E-state index is 12.7. The zero-order valence-corrected chi connectivity index (χ0v) is 12.7. The molecule has 2 aromatic rings. The van der Waals surface area contributed by atoms with E-state index in [0.717, 1.165) is 5.56 Å². The fourth-order valence-corrected chi connectivity index (χ4v) is 4.13. The summed E-state index contributed by atoms with van der Waals surface area (Å²) in [5.41, 5.74) is 1.44. The number of fused-ring (bicyclic) bond motifs is 1. The number of carboxylic acids is 1. The van der Waals surface area contributed by atoms with Gasteiger partial charge in [0.05, 0.1) is 17.4 Å². The molecule has 3 rings (SSSR count). The number of aromatic nitrogens is 2. The highest BCUT2D eigenvalue weighted by molar-refractivity contribution is 7.92. The third kappa shape index (κ3) is 2.35. The summed E-state index contributed by atoms with van der Waals surface area (Å²) in [5, 5.41) is 13.0. The molecule has 0 unspecified atom stereocenters. The number of hydrogen-bond donors (Lipinski definition) is 1. The summed E-state index contributed by atoms with van der Waals surface area (Å²) in [6.45, 7) is 0.372. The average molecular weight is 321 g/mol. The Morgan fingerprint density at radius 1 is 1.36 bits per heavy atom. The first kappa shape index (κ1) is 14.6. The first-order chi connectivity index (χ1) is 10.4. The molecule has 7 nitrogen and oxygen atoms in total. The van der Waals surface area contributed by atoms with E-state index in [1.165, 1.54) is 27.4 Å². The van der Waals surface area contributed by atoms with Crippen molar-refractivity contribution in [1.82, 2.24) is 9.78 Å². The molecule has 0 radical (unpaired) electrons. The summed E-state index contributed by atoms with van der Waals surface area (Å²) in [5.74, 6) is -1.02. The van der Waals surface area contributed by atoms with Gasteiger partial charge in [-0.3, -0.25) is 8.99 Å². The van der Waals surface area contributed by atoms with Gasteiger partial charge in [0.2, 0.25) is 0 Å². The Bertz CT molecular complexity index is 842. The monoisotopic (exact) mass is 321 g/mol. The topological polar surface area (TPSA) is 92.5 Å². The van der Waals surface area contributed by atoms with Gasteiger partial charge < -0.3 is 5.11 Å². The van der Waals surface area contributed by atoms with Crippen molar-refractivity contribution < 1.29 is 18.3 Å². The minimum atomic E-state index is -3.69. The second-order valence-electron chi connectivity index (χ2n) is 5.18. The van der Waals surface area contributed by atoms with Gasteiger partial charge in [-0.25, -0.2) is 13.2 Å². The fourth-order valence-electron chi connectivity index (χ4n) is 2.60. The molecule has 1 aromatic heterocycles. The van der Waals surface area contributed by atoms with E-state index in [9.17, 15) is 13.2 Å². The van der Waals surface area contributed by atoms with E-state index in [-0.39, 0.29) is 10.5 Å². The van der Waals surface area contributed by atoms with Crippen molar-refractivity contribution in [3.8, 4) is 0 Å². The van der Waals surface area contributed by atoms with Crippen LogP contribution < -0.4 is 4.31 Å². The molecule has 2 heterocycles. The van der Waals surface area contributed by atoms with E-state index in [1.54, 1.807) is 19.2 Å². The lowest BCUT2D eigenvalue weighted by Crippen LogP contribution is -2.35. The Morgan fingerprint density at radius 2 is 2.14 bits per heavy atom. The maximum Gasteiger partial charge on any atom is 0.335 e. The first-order valence-corrected chi connectivity index (χ1v) is 8.21. The highest BCUT2D eigenvalue weighted by Gasteiger charge is 2.30. The third-order valence-electron chi connectivity index (χ3n) is 3.67. The predicted octanol–water partition coefficient (Wildman–Crippen LogP) is 1.26. The Balaban J connectivity index is 2.07. The number of carbonyl (C=O) groups is 1. The van der Waals surface area contributed by atoms with Crippen LogP contribution in [0.25, 0.3) is 0 Å². The first-order valence-electron chi connectivity index (χ1n) is 6.77. The zero-order chi connectivity index (χ0) is 15.9. The van der Waals surface area contributed by atoms with E-state index < -0.39 is 16.0 Å². The van der Waals surface area contributed by atoms with Crippen LogP contribution in [0, 0.1) is 0 Å². The zero-order valence-electron chi connectivity index (χ0n) is 11.9. The van der Waals surface area contributed by atoms with E-state index in [1.807, 2.05) is 0 Å². The van der Waals surface area contributed by atoms with Crippen molar-refractivity contribution in [2.24, 2.45) is 7.05 Å². The summed E-state index contributed by atoms with van der Waals surface area (Å²) in [4.78, 5) is 11.2. The van der Waals surface area contributed by atoms with E-state index in [0.29, 0.717) is 25.1 Å². The van der Waals surface area contributed by atoms with E-state index in [2.05, 4.69) is 5.10 Å². The Hall–Kier alpha value is -2.35. The van der Waals surface area contributed by atoms with Gasteiger partial charge in [-0.15, -0.1) is 0 Å². The standard InChI is InChI=1S/C14H15N3O4S/c1-16-9-12(8-15-16)22(20,21)17-6-2-3-10-7-11(14(18)19)4-5-13(10)17/h4-5,7-9H,2-3,6H2,1H3,(H,18,19). The van der Waals surface area contributed by atoms with Crippen molar-refractivity contribution in [3.05, 3.63) is 41.7 Å². The molecule has 1 aliphatic rings. The second kappa shape index (κ2) is 5.13. The number of carboxylic acid groups (broad SMARTS) is 1. The van der Waals surface area contributed by atoms with Gasteiger partial charge in [-0.05, 0) is 36.6 Å². The number of aromatic carboxylic acids is 1. The molecule has 0 atom stereocenters. The van der Waals surface area contributed by atoms with Crippen molar-refractivity contribution in [2.75, 3.05) is 10.8 Å². The number of hydrogen-bond acceptors (Lipinski definition) is 4. The van der Waals surface area contributed by atoms with Crippen molar-refractivity contribution in [2.45, 2.75) is 17.7 Å². The van der Waals surface area contributed by atoms with Crippen LogP contribution in [-0.2, 0) is 23.5 Å². The molecule has 8 heteroatoms.